The zero-order valence-corrected chi connectivity index (χ0v) is 21.3. The third-order valence-corrected chi connectivity index (χ3v) is 6.52. The summed E-state index contributed by atoms with van der Waals surface area (Å²) in [7, 11) is 0. The van der Waals surface area contributed by atoms with E-state index in [1.54, 1.807) is 0 Å². The van der Waals surface area contributed by atoms with Crippen LogP contribution < -0.4 is 10.5 Å². The van der Waals surface area contributed by atoms with Crippen LogP contribution in [0.25, 0.3) is 0 Å². The molecule has 0 spiro atoms. The first-order valence-electron chi connectivity index (χ1n) is 13.8. The number of hydrogen-bond acceptors (Lipinski definition) is 2. The van der Waals surface area contributed by atoms with Crippen LogP contribution in [0, 0.1) is 0 Å². The normalized spacial score (nSPS) is 11.1. The largest absolute Gasteiger partial charge is 0.410 e. The summed E-state index contributed by atoms with van der Waals surface area (Å²) in [5, 5.41) is 0. The quantitative estimate of drug-likeness (QED) is 0.192. The van der Waals surface area contributed by atoms with Crippen LogP contribution >= 0.6 is 0 Å². The smallest absolute Gasteiger partial charge is 0.409 e. The molecule has 1 amide bonds. The van der Waals surface area contributed by atoms with Gasteiger partial charge in [-0.05, 0) is 42.9 Å². The Morgan fingerprint density at radius 1 is 0.656 bits per heavy atom. The van der Waals surface area contributed by atoms with Crippen LogP contribution in [0.15, 0.2) is 18.2 Å². The van der Waals surface area contributed by atoms with Crippen LogP contribution in [0.1, 0.15) is 141 Å². The molecule has 0 unspecified atom stereocenters. The van der Waals surface area contributed by atoms with E-state index < -0.39 is 6.09 Å². The second-order valence-electron chi connectivity index (χ2n) is 9.47. The molecule has 0 atom stereocenters. The van der Waals surface area contributed by atoms with Crippen LogP contribution in [0.5, 0.6) is 5.75 Å². The van der Waals surface area contributed by atoms with Gasteiger partial charge in [0.15, 0.2) is 0 Å². The lowest BCUT2D eigenvalue weighted by molar-refractivity contribution is 0.210. The molecule has 32 heavy (non-hydrogen) atoms. The lowest BCUT2D eigenvalue weighted by Crippen LogP contribution is -2.17. The number of unbranched alkanes of at least 4 members (excludes halogenated alkanes) is 16. The third kappa shape index (κ3) is 14.5. The van der Waals surface area contributed by atoms with Gasteiger partial charge >= 0.3 is 6.09 Å². The molecule has 0 aliphatic rings. The number of rotatable bonds is 21. The summed E-state index contributed by atoms with van der Waals surface area (Å²) in [6, 6.07) is 6.11. The Morgan fingerprint density at radius 3 is 1.56 bits per heavy atom. The molecule has 0 bridgehead atoms. The molecule has 0 aliphatic heterocycles. The highest BCUT2D eigenvalue weighted by Crippen LogP contribution is 2.27. The Labute approximate surface area is 198 Å². The fraction of sp³-hybridized carbons (Fsp3) is 0.759. The van der Waals surface area contributed by atoms with Gasteiger partial charge in [0, 0.05) is 0 Å². The number of benzene rings is 1. The fourth-order valence-electron chi connectivity index (χ4n) is 4.57. The van der Waals surface area contributed by atoms with Crippen LogP contribution in [0.4, 0.5) is 4.79 Å². The molecule has 0 radical (unpaired) electrons. The lowest BCUT2D eigenvalue weighted by atomic mass is 9.95. The molecular weight excluding hydrogens is 394 g/mol. The van der Waals surface area contributed by atoms with E-state index in [0.29, 0.717) is 5.75 Å². The van der Waals surface area contributed by atoms with E-state index in [-0.39, 0.29) is 0 Å². The minimum atomic E-state index is -0.710. The molecule has 0 heterocycles. The number of amides is 1. The molecule has 0 saturated heterocycles. The molecule has 0 saturated carbocycles. The summed E-state index contributed by atoms with van der Waals surface area (Å²) in [6.45, 7) is 4.54. The van der Waals surface area contributed by atoms with Crippen LogP contribution in [-0.4, -0.2) is 6.09 Å². The predicted octanol–water partition coefficient (Wildman–Crippen LogP) is 9.29. The number of primary amides is 1. The van der Waals surface area contributed by atoms with Crippen LogP contribution in [-0.2, 0) is 12.8 Å². The van der Waals surface area contributed by atoms with Gasteiger partial charge < -0.3 is 10.5 Å². The Bertz CT molecular complexity index is 585. The van der Waals surface area contributed by atoms with Crippen LogP contribution in [0.2, 0.25) is 0 Å². The third-order valence-electron chi connectivity index (χ3n) is 6.52. The molecule has 184 valence electrons. The number of carbonyl (C=O) groups is 1. The van der Waals surface area contributed by atoms with Crippen molar-refractivity contribution in [1.82, 2.24) is 0 Å². The van der Waals surface area contributed by atoms with E-state index in [1.807, 2.05) is 12.1 Å². The summed E-state index contributed by atoms with van der Waals surface area (Å²) in [6.07, 6.45) is 25.3. The molecule has 1 aromatic rings. The second kappa shape index (κ2) is 20.1. The molecule has 0 fully saturated rings. The van der Waals surface area contributed by atoms with Crippen molar-refractivity contribution >= 4 is 6.09 Å². The number of hydrogen-bond donors (Lipinski definition) is 1. The van der Waals surface area contributed by atoms with Gasteiger partial charge in [-0.1, -0.05) is 129 Å². The van der Waals surface area contributed by atoms with Crippen molar-refractivity contribution in [1.29, 1.82) is 0 Å². The van der Waals surface area contributed by atoms with Crippen molar-refractivity contribution in [3.05, 3.63) is 29.3 Å². The van der Waals surface area contributed by atoms with E-state index in [4.69, 9.17) is 10.5 Å². The van der Waals surface area contributed by atoms with Crippen molar-refractivity contribution in [3.63, 3.8) is 0 Å². The van der Waals surface area contributed by atoms with E-state index in [0.717, 1.165) is 19.3 Å². The predicted molar refractivity (Wildman–Crippen MR) is 139 cm³/mol. The summed E-state index contributed by atoms with van der Waals surface area (Å²) >= 11 is 0. The summed E-state index contributed by atoms with van der Waals surface area (Å²) in [5.41, 5.74) is 7.87. The first-order chi connectivity index (χ1) is 15.7. The molecule has 3 nitrogen and oxygen atoms in total. The highest BCUT2D eigenvalue weighted by Gasteiger charge is 2.11. The van der Waals surface area contributed by atoms with Gasteiger partial charge in [-0.25, -0.2) is 4.79 Å². The van der Waals surface area contributed by atoms with Gasteiger partial charge in [-0.15, -0.1) is 0 Å². The van der Waals surface area contributed by atoms with Gasteiger partial charge in [0.25, 0.3) is 0 Å². The second-order valence-corrected chi connectivity index (χ2v) is 9.47. The van der Waals surface area contributed by atoms with Crippen molar-refractivity contribution < 1.29 is 9.53 Å². The number of carbonyl (C=O) groups excluding carboxylic acids is 1. The molecule has 1 rings (SSSR count). The van der Waals surface area contributed by atoms with Gasteiger partial charge in [-0.3, -0.25) is 0 Å². The Kier molecular flexibility index (Phi) is 17.9. The van der Waals surface area contributed by atoms with Gasteiger partial charge in [0.05, 0.1) is 0 Å². The number of aryl methyl sites for hydroxylation is 1. The van der Waals surface area contributed by atoms with Crippen molar-refractivity contribution in [2.45, 2.75) is 142 Å². The van der Waals surface area contributed by atoms with Gasteiger partial charge in [-0.2, -0.15) is 0 Å². The average molecular weight is 446 g/mol. The lowest BCUT2D eigenvalue weighted by Gasteiger charge is -2.14. The summed E-state index contributed by atoms with van der Waals surface area (Å²) in [4.78, 5) is 11.4. The maximum atomic E-state index is 11.4. The average Bonchev–Trinajstić information content (AvgIpc) is 2.77. The highest BCUT2D eigenvalue weighted by molar-refractivity contribution is 5.68. The minimum absolute atomic E-state index is 0.672. The zero-order chi connectivity index (χ0) is 23.3. The highest BCUT2D eigenvalue weighted by atomic mass is 16.5. The van der Waals surface area contributed by atoms with Crippen molar-refractivity contribution in [3.8, 4) is 5.75 Å². The number of ether oxygens (including phenoxy) is 1. The van der Waals surface area contributed by atoms with Crippen molar-refractivity contribution in [2.75, 3.05) is 0 Å². The topological polar surface area (TPSA) is 52.3 Å². The summed E-state index contributed by atoms with van der Waals surface area (Å²) < 4.78 is 5.35. The monoisotopic (exact) mass is 445 g/mol. The van der Waals surface area contributed by atoms with E-state index in [2.05, 4.69) is 19.9 Å². The SMILES string of the molecule is CCCCCCCCCCCc1cccc(OC(N)=O)c1CCCCCCCCCCC. The molecule has 3 heteroatoms. The van der Waals surface area contributed by atoms with E-state index in [9.17, 15) is 4.79 Å². The van der Waals surface area contributed by atoms with E-state index >= 15 is 0 Å². The van der Waals surface area contributed by atoms with Gasteiger partial charge in [0.1, 0.15) is 5.75 Å². The fourth-order valence-corrected chi connectivity index (χ4v) is 4.57. The number of nitrogens with two attached hydrogens (primary N) is 1. The maximum Gasteiger partial charge on any atom is 0.409 e. The molecule has 0 aliphatic carbocycles. The standard InChI is InChI=1S/C29H51NO2/c1-3-5-7-9-11-13-15-17-19-22-26-23-21-25-28(32-29(30)31)27(26)24-20-18-16-14-12-10-8-6-4-2/h21,23,25H,3-20,22,24H2,1-2H3,(H2,30,31). The summed E-state index contributed by atoms with van der Waals surface area (Å²) in [5.74, 6) is 0.672. The molecular formula is C29H51NO2. The zero-order valence-electron chi connectivity index (χ0n) is 21.3. The molecule has 0 aromatic heterocycles. The van der Waals surface area contributed by atoms with E-state index in [1.165, 1.54) is 120 Å². The first-order valence-corrected chi connectivity index (χ1v) is 13.8. The first kappa shape index (κ1) is 28.5. The van der Waals surface area contributed by atoms with Crippen molar-refractivity contribution in [2.24, 2.45) is 5.73 Å². The van der Waals surface area contributed by atoms with Crippen LogP contribution in [0.3, 0.4) is 0 Å². The Hall–Kier alpha value is -1.51. The molecule has 1 aromatic carbocycles. The minimum Gasteiger partial charge on any atom is -0.410 e. The molecule has 2 N–H and O–H groups in total. The van der Waals surface area contributed by atoms with Gasteiger partial charge in [0.2, 0.25) is 0 Å². The Morgan fingerprint density at radius 2 is 1.09 bits per heavy atom. The Balaban J connectivity index is 2.38. The maximum absolute atomic E-state index is 11.4.